The second kappa shape index (κ2) is 6.27. The van der Waals surface area contributed by atoms with Crippen LogP contribution in [0.25, 0.3) is 0 Å². The molecule has 2 N–H and O–H groups in total. The fourth-order valence-electron chi connectivity index (χ4n) is 2.49. The van der Waals surface area contributed by atoms with Gasteiger partial charge < -0.3 is 15.5 Å². The molecular formula is C15H18N4O2. The van der Waals surface area contributed by atoms with E-state index in [2.05, 4.69) is 6.07 Å². The number of Topliss-reactive ketones (excluding diaryl/α,β-unsaturated/α-hetero) is 1. The first kappa shape index (κ1) is 14.9. The van der Waals surface area contributed by atoms with Crippen LogP contribution in [-0.2, 0) is 0 Å². The van der Waals surface area contributed by atoms with E-state index < -0.39 is 6.03 Å². The number of anilines is 1. The van der Waals surface area contributed by atoms with Gasteiger partial charge in [-0.1, -0.05) is 0 Å². The van der Waals surface area contributed by atoms with Gasteiger partial charge in [0.25, 0.3) is 0 Å². The zero-order valence-electron chi connectivity index (χ0n) is 12.0. The lowest BCUT2D eigenvalue weighted by Crippen LogP contribution is -2.38. The summed E-state index contributed by atoms with van der Waals surface area (Å²) in [6.07, 6.45) is 0.776. The van der Waals surface area contributed by atoms with Crippen molar-refractivity contribution in [2.24, 2.45) is 5.73 Å². The van der Waals surface area contributed by atoms with Crippen LogP contribution in [0, 0.1) is 11.3 Å². The van der Waals surface area contributed by atoms with Gasteiger partial charge in [-0.3, -0.25) is 4.79 Å². The summed E-state index contributed by atoms with van der Waals surface area (Å²) in [5.41, 5.74) is 7.18. The van der Waals surface area contributed by atoms with E-state index in [4.69, 9.17) is 5.73 Å². The van der Waals surface area contributed by atoms with Gasteiger partial charge >= 0.3 is 6.03 Å². The minimum atomic E-state index is -0.421. The Morgan fingerprint density at radius 2 is 2.00 bits per heavy atom. The normalized spacial score (nSPS) is 15.2. The highest BCUT2D eigenvalue weighted by molar-refractivity contribution is 5.95. The molecule has 0 aliphatic carbocycles. The summed E-state index contributed by atoms with van der Waals surface area (Å²) in [6, 6.07) is 6.82. The lowest BCUT2D eigenvalue weighted by molar-refractivity contribution is 0.101. The van der Waals surface area contributed by atoms with Gasteiger partial charge in [-0.05, 0) is 31.5 Å². The van der Waals surface area contributed by atoms with Crippen LogP contribution in [0.3, 0.4) is 0 Å². The number of primary amides is 1. The van der Waals surface area contributed by atoms with E-state index in [0.29, 0.717) is 30.8 Å². The predicted molar refractivity (Wildman–Crippen MR) is 79.1 cm³/mol. The molecule has 2 amide bonds. The third-order valence-electron chi connectivity index (χ3n) is 3.67. The van der Waals surface area contributed by atoms with Crippen LogP contribution in [-0.4, -0.2) is 42.9 Å². The molecule has 1 saturated heterocycles. The molecule has 1 fully saturated rings. The minimum Gasteiger partial charge on any atom is -0.369 e. The largest absolute Gasteiger partial charge is 0.369 e. The van der Waals surface area contributed by atoms with Crippen LogP contribution in [0.2, 0.25) is 0 Å². The first-order chi connectivity index (χ1) is 10.0. The number of amides is 2. The highest BCUT2D eigenvalue weighted by Crippen LogP contribution is 2.23. The molecule has 6 nitrogen and oxygen atoms in total. The van der Waals surface area contributed by atoms with E-state index in [9.17, 15) is 14.9 Å². The Hall–Kier alpha value is -2.55. The summed E-state index contributed by atoms with van der Waals surface area (Å²) >= 11 is 0. The van der Waals surface area contributed by atoms with Gasteiger partial charge in [0.15, 0.2) is 5.78 Å². The van der Waals surface area contributed by atoms with Crippen molar-refractivity contribution in [3.63, 3.8) is 0 Å². The molecule has 0 unspecified atom stereocenters. The van der Waals surface area contributed by atoms with Crippen LogP contribution in [0.4, 0.5) is 10.5 Å². The number of carbonyl (C=O) groups is 2. The Kier molecular flexibility index (Phi) is 4.43. The van der Waals surface area contributed by atoms with Crippen molar-refractivity contribution in [1.29, 1.82) is 5.26 Å². The number of carbonyl (C=O) groups excluding carboxylic acids is 2. The third kappa shape index (κ3) is 3.31. The van der Waals surface area contributed by atoms with Crippen molar-refractivity contribution in [3.8, 4) is 6.07 Å². The number of nitrogens with two attached hydrogens (primary N) is 1. The van der Waals surface area contributed by atoms with E-state index in [1.54, 1.807) is 23.1 Å². The van der Waals surface area contributed by atoms with Crippen molar-refractivity contribution in [3.05, 3.63) is 29.3 Å². The average Bonchev–Trinajstić information content (AvgIpc) is 2.72. The molecule has 1 aromatic carbocycles. The molecule has 0 atom stereocenters. The van der Waals surface area contributed by atoms with Crippen LogP contribution >= 0.6 is 0 Å². The topological polar surface area (TPSA) is 90.4 Å². The van der Waals surface area contributed by atoms with Gasteiger partial charge in [-0.2, -0.15) is 5.26 Å². The predicted octanol–water partition coefficient (Wildman–Crippen LogP) is 1.35. The number of rotatable bonds is 2. The number of nitriles is 1. The SMILES string of the molecule is CC(=O)c1ccc(C#N)c(N2CCCN(C(N)=O)CC2)c1. The maximum absolute atomic E-state index is 11.5. The molecule has 2 rings (SSSR count). The first-order valence-corrected chi connectivity index (χ1v) is 6.87. The maximum Gasteiger partial charge on any atom is 0.314 e. The molecule has 0 spiro atoms. The van der Waals surface area contributed by atoms with Crippen LogP contribution in [0.5, 0.6) is 0 Å². The summed E-state index contributed by atoms with van der Waals surface area (Å²) in [4.78, 5) is 26.4. The first-order valence-electron chi connectivity index (χ1n) is 6.87. The monoisotopic (exact) mass is 286 g/mol. The Labute approximate surface area is 123 Å². The summed E-state index contributed by atoms with van der Waals surface area (Å²) < 4.78 is 0. The molecule has 0 radical (unpaired) electrons. The zero-order valence-corrected chi connectivity index (χ0v) is 12.0. The molecule has 21 heavy (non-hydrogen) atoms. The van der Waals surface area contributed by atoms with E-state index >= 15 is 0 Å². The van der Waals surface area contributed by atoms with E-state index in [0.717, 1.165) is 18.7 Å². The highest BCUT2D eigenvalue weighted by Gasteiger charge is 2.19. The van der Waals surface area contributed by atoms with Crippen molar-refractivity contribution in [2.75, 3.05) is 31.1 Å². The Balaban J connectivity index is 2.28. The summed E-state index contributed by atoms with van der Waals surface area (Å²) in [5.74, 6) is -0.0330. The third-order valence-corrected chi connectivity index (χ3v) is 3.67. The van der Waals surface area contributed by atoms with Gasteiger partial charge in [-0.25, -0.2) is 4.79 Å². The smallest absolute Gasteiger partial charge is 0.314 e. The van der Waals surface area contributed by atoms with Crippen molar-refractivity contribution < 1.29 is 9.59 Å². The summed E-state index contributed by atoms with van der Waals surface area (Å²) in [5, 5.41) is 9.24. The molecule has 110 valence electrons. The lowest BCUT2D eigenvalue weighted by Gasteiger charge is -2.24. The van der Waals surface area contributed by atoms with Crippen molar-refractivity contribution in [2.45, 2.75) is 13.3 Å². The van der Waals surface area contributed by atoms with Crippen molar-refractivity contribution >= 4 is 17.5 Å². The molecule has 0 bridgehead atoms. The number of nitrogens with zero attached hydrogens (tertiary/aromatic N) is 3. The van der Waals surface area contributed by atoms with Crippen LogP contribution in [0.1, 0.15) is 29.3 Å². The molecule has 1 aliphatic heterocycles. The lowest BCUT2D eigenvalue weighted by atomic mass is 10.1. The fraction of sp³-hybridized carbons (Fsp3) is 0.400. The van der Waals surface area contributed by atoms with Gasteiger partial charge in [-0.15, -0.1) is 0 Å². The summed E-state index contributed by atoms with van der Waals surface area (Å²) in [6.45, 7) is 3.95. The fourth-order valence-corrected chi connectivity index (χ4v) is 2.49. The highest BCUT2D eigenvalue weighted by atomic mass is 16.2. The van der Waals surface area contributed by atoms with Crippen LogP contribution < -0.4 is 10.6 Å². The van der Waals surface area contributed by atoms with E-state index in [1.165, 1.54) is 6.92 Å². The molecular weight excluding hydrogens is 268 g/mol. The second-order valence-corrected chi connectivity index (χ2v) is 5.07. The van der Waals surface area contributed by atoms with Gasteiger partial charge in [0.2, 0.25) is 0 Å². The van der Waals surface area contributed by atoms with Crippen LogP contribution in [0.15, 0.2) is 18.2 Å². The standard InChI is InChI=1S/C15H18N4O2/c1-11(20)12-3-4-13(10-16)14(9-12)18-5-2-6-19(8-7-18)15(17)21/h3-4,9H,2,5-8H2,1H3,(H2,17,21). The number of urea groups is 1. The minimum absolute atomic E-state index is 0.0330. The van der Waals surface area contributed by atoms with Crippen molar-refractivity contribution in [1.82, 2.24) is 4.90 Å². The Morgan fingerprint density at radius 1 is 1.24 bits per heavy atom. The zero-order chi connectivity index (χ0) is 15.4. The molecule has 0 saturated carbocycles. The molecule has 6 heteroatoms. The number of hydrogen-bond donors (Lipinski definition) is 1. The number of ketones is 1. The second-order valence-electron chi connectivity index (χ2n) is 5.07. The number of benzene rings is 1. The maximum atomic E-state index is 11.5. The Morgan fingerprint density at radius 3 is 2.62 bits per heavy atom. The molecule has 1 aromatic rings. The average molecular weight is 286 g/mol. The molecule has 0 aromatic heterocycles. The van der Waals surface area contributed by atoms with Gasteiger partial charge in [0.05, 0.1) is 11.3 Å². The number of hydrogen-bond acceptors (Lipinski definition) is 4. The molecule has 1 aliphatic rings. The molecule has 1 heterocycles. The quantitative estimate of drug-likeness (QED) is 0.831. The van der Waals surface area contributed by atoms with E-state index in [-0.39, 0.29) is 5.78 Å². The van der Waals surface area contributed by atoms with Gasteiger partial charge in [0.1, 0.15) is 6.07 Å². The Bertz CT molecular complexity index is 606. The van der Waals surface area contributed by atoms with E-state index in [1.807, 2.05) is 4.90 Å². The summed E-state index contributed by atoms with van der Waals surface area (Å²) in [7, 11) is 0. The van der Waals surface area contributed by atoms with Gasteiger partial charge in [0, 0.05) is 31.7 Å².